The Hall–Kier alpha value is -3.60. The average molecular weight is 475 g/mol. The highest BCUT2D eigenvalue weighted by atomic mass is 19.1. The monoisotopic (exact) mass is 474 g/mol. The highest BCUT2D eigenvalue weighted by Gasteiger charge is 2.30. The van der Waals surface area contributed by atoms with Gasteiger partial charge in [-0.25, -0.2) is 4.39 Å². The van der Waals surface area contributed by atoms with Gasteiger partial charge in [0.25, 0.3) is 0 Å². The fourth-order valence-electron chi connectivity index (χ4n) is 4.65. The zero-order valence-corrected chi connectivity index (χ0v) is 20.4. The average Bonchev–Trinajstić information content (AvgIpc) is 3.20. The van der Waals surface area contributed by atoms with Crippen LogP contribution in [0.4, 0.5) is 4.39 Å². The van der Waals surface area contributed by atoms with Gasteiger partial charge in [0.1, 0.15) is 23.9 Å². The van der Waals surface area contributed by atoms with Gasteiger partial charge in [0.05, 0.1) is 7.11 Å². The SMILES string of the molecule is COc1ccc(F)c(-c2ccc(COc3cccc(CCC(=O)O)c3)cc2C2=CCCC2(C)C)c1. The van der Waals surface area contributed by atoms with E-state index in [-0.39, 0.29) is 17.7 Å². The van der Waals surface area contributed by atoms with Gasteiger partial charge in [0, 0.05) is 12.0 Å². The van der Waals surface area contributed by atoms with E-state index in [9.17, 15) is 9.18 Å². The summed E-state index contributed by atoms with van der Waals surface area (Å²) in [7, 11) is 1.58. The molecule has 1 aliphatic carbocycles. The predicted molar refractivity (Wildman–Crippen MR) is 136 cm³/mol. The maximum atomic E-state index is 14.9. The van der Waals surface area contributed by atoms with Gasteiger partial charge in [0.15, 0.2) is 0 Å². The summed E-state index contributed by atoms with van der Waals surface area (Å²) < 4.78 is 26.3. The van der Waals surface area contributed by atoms with Crippen molar-refractivity contribution in [2.24, 2.45) is 5.41 Å². The number of hydrogen-bond donors (Lipinski definition) is 1. The van der Waals surface area contributed by atoms with Gasteiger partial charge < -0.3 is 14.6 Å². The molecule has 35 heavy (non-hydrogen) atoms. The van der Waals surface area contributed by atoms with E-state index in [4.69, 9.17) is 14.6 Å². The molecule has 0 saturated carbocycles. The quantitative estimate of drug-likeness (QED) is 0.353. The number of benzene rings is 3. The lowest BCUT2D eigenvalue weighted by Gasteiger charge is -2.25. The Bertz CT molecular complexity index is 1260. The third-order valence-electron chi connectivity index (χ3n) is 6.62. The number of carboxylic acid groups (broad SMARTS) is 1. The van der Waals surface area contributed by atoms with E-state index in [1.807, 2.05) is 36.4 Å². The van der Waals surface area contributed by atoms with E-state index >= 15 is 0 Å². The number of halogens is 1. The molecule has 0 atom stereocenters. The van der Waals surface area contributed by atoms with Crippen LogP contribution in [0.3, 0.4) is 0 Å². The van der Waals surface area contributed by atoms with E-state index in [2.05, 4.69) is 26.0 Å². The van der Waals surface area contributed by atoms with Crippen LogP contribution < -0.4 is 9.47 Å². The van der Waals surface area contributed by atoms with Crippen molar-refractivity contribution in [2.45, 2.75) is 46.1 Å². The number of allylic oxidation sites excluding steroid dienone is 2. The number of methoxy groups -OCH3 is 1. The topological polar surface area (TPSA) is 55.8 Å². The normalized spacial score (nSPS) is 14.5. The van der Waals surface area contributed by atoms with E-state index in [1.165, 1.54) is 11.6 Å². The lowest BCUT2D eigenvalue weighted by atomic mass is 9.79. The smallest absolute Gasteiger partial charge is 0.303 e. The Morgan fingerprint density at radius 3 is 2.51 bits per heavy atom. The number of hydrogen-bond acceptors (Lipinski definition) is 3. The van der Waals surface area contributed by atoms with Crippen LogP contribution in [0.25, 0.3) is 16.7 Å². The van der Waals surface area contributed by atoms with Crippen LogP contribution >= 0.6 is 0 Å². The Labute approximate surface area is 206 Å². The van der Waals surface area contributed by atoms with Crippen LogP contribution in [0.5, 0.6) is 11.5 Å². The minimum Gasteiger partial charge on any atom is -0.497 e. The first kappa shape index (κ1) is 24.5. The first-order valence-electron chi connectivity index (χ1n) is 11.9. The number of carboxylic acids is 1. The summed E-state index contributed by atoms with van der Waals surface area (Å²) in [6, 6.07) is 18.4. The molecule has 1 N–H and O–H groups in total. The summed E-state index contributed by atoms with van der Waals surface area (Å²) in [5.41, 5.74) is 5.47. The highest BCUT2D eigenvalue weighted by molar-refractivity contribution is 5.85. The van der Waals surface area contributed by atoms with Crippen LogP contribution in [0.15, 0.2) is 66.7 Å². The van der Waals surface area contributed by atoms with Crippen molar-refractivity contribution in [3.8, 4) is 22.6 Å². The molecule has 0 aromatic heterocycles. The molecule has 4 nitrogen and oxygen atoms in total. The number of rotatable bonds is 9. The summed E-state index contributed by atoms with van der Waals surface area (Å²) in [4.78, 5) is 10.9. The Kier molecular flexibility index (Phi) is 7.25. The fourth-order valence-corrected chi connectivity index (χ4v) is 4.65. The summed E-state index contributed by atoms with van der Waals surface area (Å²) in [5.74, 6) is 0.200. The molecule has 4 rings (SSSR count). The van der Waals surface area contributed by atoms with Crippen molar-refractivity contribution in [1.82, 2.24) is 0 Å². The summed E-state index contributed by atoms with van der Waals surface area (Å²) in [6.07, 6.45) is 4.84. The zero-order chi connectivity index (χ0) is 25.0. The third kappa shape index (κ3) is 5.73. The lowest BCUT2D eigenvalue weighted by molar-refractivity contribution is -0.136. The molecule has 0 bridgehead atoms. The number of aryl methyl sites for hydroxylation is 1. The van der Waals surface area contributed by atoms with E-state index in [1.54, 1.807) is 19.2 Å². The van der Waals surface area contributed by atoms with E-state index in [0.29, 0.717) is 30.1 Å². The molecule has 0 radical (unpaired) electrons. The van der Waals surface area contributed by atoms with Crippen LogP contribution in [0.2, 0.25) is 0 Å². The van der Waals surface area contributed by atoms with Gasteiger partial charge in [-0.2, -0.15) is 0 Å². The second-order valence-electron chi connectivity index (χ2n) is 9.60. The molecule has 0 aliphatic heterocycles. The van der Waals surface area contributed by atoms with Crippen LogP contribution in [-0.2, 0) is 17.8 Å². The molecule has 0 fully saturated rings. The van der Waals surface area contributed by atoms with Crippen molar-refractivity contribution in [3.63, 3.8) is 0 Å². The maximum absolute atomic E-state index is 14.9. The van der Waals surface area contributed by atoms with Crippen molar-refractivity contribution >= 4 is 11.5 Å². The molecule has 5 heteroatoms. The second-order valence-corrected chi connectivity index (χ2v) is 9.60. The number of ether oxygens (including phenoxy) is 2. The largest absolute Gasteiger partial charge is 0.497 e. The molecule has 0 spiro atoms. The number of aliphatic carboxylic acids is 1. The highest BCUT2D eigenvalue weighted by Crippen LogP contribution is 2.47. The van der Waals surface area contributed by atoms with Crippen LogP contribution in [0, 0.1) is 11.2 Å². The zero-order valence-electron chi connectivity index (χ0n) is 20.4. The van der Waals surface area contributed by atoms with Gasteiger partial charge in [-0.1, -0.05) is 44.2 Å². The molecule has 0 heterocycles. The molecular formula is C30H31FO4. The maximum Gasteiger partial charge on any atom is 0.303 e. The summed E-state index contributed by atoms with van der Waals surface area (Å²) >= 11 is 0. The Morgan fingerprint density at radius 2 is 1.80 bits per heavy atom. The van der Waals surface area contributed by atoms with Gasteiger partial charge >= 0.3 is 5.97 Å². The van der Waals surface area contributed by atoms with Crippen molar-refractivity contribution in [1.29, 1.82) is 0 Å². The third-order valence-corrected chi connectivity index (χ3v) is 6.62. The summed E-state index contributed by atoms with van der Waals surface area (Å²) in [5, 5.41) is 8.93. The van der Waals surface area contributed by atoms with Crippen molar-refractivity contribution < 1.29 is 23.8 Å². The predicted octanol–water partition coefficient (Wildman–Crippen LogP) is 7.30. The molecular weight excluding hydrogens is 443 g/mol. The first-order chi connectivity index (χ1) is 16.8. The van der Waals surface area contributed by atoms with Crippen LogP contribution in [0.1, 0.15) is 49.8 Å². The molecule has 182 valence electrons. The van der Waals surface area contributed by atoms with Gasteiger partial charge in [-0.3, -0.25) is 4.79 Å². The van der Waals surface area contributed by atoms with Gasteiger partial charge in [0.2, 0.25) is 0 Å². The van der Waals surface area contributed by atoms with Gasteiger partial charge in [-0.15, -0.1) is 0 Å². The minimum atomic E-state index is -0.819. The minimum absolute atomic E-state index is 0.0119. The Balaban J connectivity index is 1.65. The molecule has 0 amide bonds. The summed E-state index contributed by atoms with van der Waals surface area (Å²) in [6.45, 7) is 4.80. The molecule has 0 saturated heterocycles. The molecule has 3 aromatic carbocycles. The fraction of sp³-hybridized carbons (Fsp3) is 0.300. The Morgan fingerprint density at radius 1 is 0.971 bits per heavy atom. The van der Waals surface area contributed by atoms with E-state index in [0.717, 1.165) is 35.1 Å². The molecule has 1 aliphatic rings. The molecule has 3 aromatic rings. The van der Waals surface area contributed by atoms with Crippen molar-refractivity contribution in [3.05, 3.63) is 89.2 Å². The molecule has 0 unspecified atom stereocenters. The van der Waals surface area contributed by atoms with Crippen molar-refractivity contribution in [2.75, 3.05) is 7.11 Å². The number of carbonyl (C=O) groups is 1. The lowest BCUT2D eigenvalue weighted by Crippen LogP contribution is -2.10. The van der Waals surface area contributed by atoms with Gasteiger partial charge in [-0.05, 0) is 88.9 Å². The van der Waals surface area contributed by atoms with E-state index < -0.39 is 5.97 Å². The second kappa shape index (κ2) is 10.3. The van der Waals surface area contributed by atoms with Crippen LogP contribution in [-0.4, -0.2) is 18.2 Å². The standard InChI is InChI=1S/C30H31FO4/c1-30(2)15-5-8-27(30)25-17-21(9-12-24(25)26-18-22(34-3)11-13-28(26)31)19-35-23-7-4-6-20(16-23)10-14-29(32)33/h4,6-9,11-13,16-18H,5,10,14-15,19H2,1-3H3,(H,32,33). The first-order valence-corrected chi connectivity index (χ1v) is 11.9.